The van der Waals surface area contributed by atoms with E-state index in [1.54, 1.807) is 30.3 Å². The van der Waals surface area contributed by atoms with Gasteiger partial charge < -0.3 is 9.47 Å². The zero-order valence-corrected chi connectivity index (χ0v) is 14.3. The average molecular weight is 333 g/mol. The van der Waals surface area contributed by atoms with Crippen molar-refractivity contribution in [3.05, 3.63) is 64.7 Å². The molecule has 2 aromatic rings. The summed E-state index contributed by atoms with van der Waals surface area (Å²) in [7, 11) is 0. The van der Waals surface area contributed by atoms with Crippen molar-refractivity contribution in [2.24, 2.45) is 0 Å². The van der Waals surface area contributed by atoms with Crippen LogP contribution in [-0.4, -0.2) is 18.5 Å². The summed E-state index contributed by atoms with van der Waals surface area (Å²) in [6.45, 7) is 4.51. The summed E-state index contributed by atoms with van der Waals surface area (Å²) in [6, 6.07) is 12.6. The first-order chi connectivity index (χ1) is 12.1. The van der Waals surface area contributed by atoms with E-state index in [2.05, 4.69) is 0 Å². The fraction of sp³-hybridized carbons (Fsp3) is 0.238. The van der Waals surface area contributed by atoms with Crippen molar-refractivity contribution >= 4 is 11.9 Å². The van der Waals surface area contributed by atoms with E-state index in [1.165, 1.54) is 6.08 Å². The van der Waals surface area contributed by atoms with Crippen molar-refractivity contribution in [2.45, 2.75) is 26.4 Å². The van der Waals surface area contributed by atoms with Crippen LogP contribution in [0.4, 0.5) is 0 Å². The number of hydrogen-bond acceptors (Lipinski definition) is 4. The number of allylic oxidation sites excluding steroid dienone is 1. The average Bonchev–Trinajstić information content (AvgIpc) is 2.98. The SMILES string of the molecule is CCOc1cc2c(cc1C=CC(=O)c1cccc(C#N)c1)OC(C)C2. The highest BCUT2D eigenvalue weighted by atomic mass is 16.5. The first-order valence-electron chi connectivity index (χ1n) is 8.29. The number of fused-ring (bicyclic) bond motifs is 1. The van der Waals surface area contributed by atoms with Gasteiger partial charge in [0.15, 0.2) is 5.78 Å². The first kappa shape index (κ1) is 16.8. The highest BCUT2D eigenvalue weighted by molar-refractivity contribution is 6.07. The smallest absolute Gasteiger partial charge is 0.185 e. The van der Waals surface area contributed by atoms with Crippen molar-refractivity contribution in [3.8, 4) is 17.6 Å². The maximum absolute atomic E-state index is 12.4. The van der Waals surface area contributed by atoms with Gasteiger partial charge in [0.1, 0.15) is 17.6 Å². The third-order valence-electron chi connectivity index (χ3n) is 4.02. The van der Waals surface area contributed by atoms with Crippen molar-refractivity contribution in [1.29, 1.82) is 5.26 Å². The molecule has 0 aliphatic carbocycles. The predicted octanol–water partition coefficient (Wildman–Crippen LogP) is 4.18. The van der Waals surface area contributed by atoms with E-state index in [9.17, 15) is 4.79 Å². The number of nitrogens with zero attached hydrogens (tertiary/aromatic N) is 1. The minimum Gasteiger partial charge on any atom is -0.493 e. The summed E-state index contributed by atoms with van der Waals surface area (Å²) in [5, 5.41) is 8.95. The highest BCUT2D eigenvalue weighted by Crippen LogP contribution is 2.35. The number of ketones is 1. The van der Waals surface area contributed by atoms with Gasteiger partial charge in [-0.25, -0.2) is 0 Å². The number of rotatable bonds is 5. The monoisotopic (exact) mass is 333 g/mol. The van der Waals surface area contributed by atoms with Gasteiger partial charge in [0.05, 0.1) is 18.2 Å². The molecule has 0 bridgehead atoms. The molecular formula is C21H19NO3. The number of carbonyl (C=O) groups is 1. The van der Waals surface area contributed by atoms with Gasteiger partial charge in [-0.05, 0) is 50.3 Å². The quantitative estimate of drug-likeness (QED) is 0.608. The van der Waals surface area contributed by atoms with Crippen LogP contribution in [0.1, 0.15) is 40.9 Å². The molecule has 3 rings (SSSR count). The van der Waals surface area contributed by atoms with Crippen molar-refractivity contribution in [3.63, 3.8) is 0 Å². The molecule has 126 valence electrons. The Hall–Kier alpha value is -3.06. The van der Waals surface area contributed by atoms with Gasteiger partial charge in [-0.2, -0.15) is 5.26 Å². The van der Waals surface area contributed by atoms with Crippen LogP contribution in [0.5, 0.6) is 11.5 Å². The van der Waals surface area contributed by atoms with Crippen LogP contribution >= 0.6 is 0 Å². The summed E-state index contributed by atoms with van der Waals surface area (Å²) in [6.07, 6.45) is 4.25. The molecule has 0 saturated carbocycles. The molecule has 1 aliphatic heterocycles. The van der Waals surface area contributed by atoms with E-state index in [-0.39, 0.29) is 11.9 Å². The Morgan fingerprint density at radius 1 is 1.40 bits per heavy atom. The van der Waals surface area contributed by atoms with E-state index < -0.39 is 0 Å². The van der Waals surface area contributed by atoms with Crippen LogP contribution < -0.4 is 9.47 Å². The Morgan fingerprint density at radius 2 is 2.24 bits per heavy atom. The Morgan fingerprint density at radius 3 is 3.00 bits per heavy atom. The summed E-state index contributed by atoms with van der Waals surface area (Å²) >= 11 is 0. The molecular weight excluding hydrogens is 314 g/mol. The predicted molar refractivity (Wildman–Crippen MR) is 95.9 cm³/mol. The standard InChI is InChI=1S/C21H19NO3/c1-3-24-20-12-18-9-14(2)25-21(18)11-17(20)7-8-19(23)16-6-4-5-15(10-16)13-22/h4-8,10-12,14H,3,9H2,1-2H3. The zero-order valence-electron chi connectivity index (χ0n) is 14.3. The fourth-order valence-electron chi connectivity index (χ4n) is 2.87. The summed E-state index contributed by atoms with van der Waals surface area (Å²) in [5.74, 6) is 1.43. The van der Waals surface area contributed by atoms with E-state index >= 15 is 0 Å². The summed E-state index contributed by atoms with van der Waals surface area (Å²) in [4.78, 5) is 12.4. The van der Waals surface area contributed by atoms with Gasteiger partial charge in [-0.3, -0.25) is 4.79 Å². The van der Waals surface area contributed by atoms with Crippen molar-refractivity contribution in [2.75, 3.05) is 6.61 Å². The minimum absolute atomic E-state index is 0.152. The zero-order chi connectivity index (χ0) is 17.8. The van der Waals surface area contributed by atoms with Gasteiger partial charge >= 0.3 is 0 Å². The van der Waals surface area contributed by atoms with Gasteiger partial charge in [0, 0.05) is 23.1 Å². The molecule has 2 aromatic carbocycles. The van der Waals surface area contributed by atoms with Crippen LogP contribution in [0.2, 0.25) is 0 Å². The first-order valence-corrected chi connectivity index (χ1v) is 8.29. The second-order valence-corrected chi connectivity index (χ2v) is 5.95. The third-order valence-corrected chi connectivity index (χ3v) is 4.02. The maximum Gasteiger partial charge on any atom is 0.185 e. The van der Waals surface area contributed by atoms with Crippen LogP contribution in [0.3, 0.4) is 0 Å². The molecule has 4 nitrogen and oxygen atoms in total. The highest BCUT2D eigenvalue weighted by Gasteiger charge is 2.21. The van der Waals surface area contributed by atoms with E-state index in [0.29, 0.717) is 17.7 Å². The summed E-state index contributed by atoms with van der Waals surface area (Å²) in [5.41, 5.74) is 2.88. The van der Waals surface area contributed by atoms with Crippen LogP contribution in [0, 0.1) is 11.3 Å². The Balaban J connectivity index is 1.88. The number of nitriles is 1. The molecule has 0 N–H and O–H groups in total. The lowest BCUT2D eigenvalue weighted by Crippen LogP contribution is -2.05. The lowest BCUT2D eigenvalue weighted by molar-refractivity contribution is 0.104. The largest absolute Gasteiger partial charge is 0.493 e. The molecule has 0 fully saturated rings. The molecule has 0 saturated heterocycles. The minimum atomic E-state index is -0.158. The van der Waals surface area contributed by atoms with E-state index in [1.807, 2.05) is 32.0 Å². The number of ether oxygens (including phenoxy) is 2. The molecule has 1 unspecified atom stereocenters. The van der Waals surface area contributed by atoms with E-state index in [4.69, 9.17) is 14.7 Å². The summed E-state index contributed by atoms with van der Waals surface area (Å²) < 4.78 is 11.5. The molecule has 25 heavy (non-hydrogen) atoms. The van der Waals surface area contributed by atoms with Crippen LogP contribution in [0.25, 0.3) is 6.08 Å². The van der Waals surface area contributed by atoms with Crippen molar-refractivity contribution < 1.29 is 14.3 Å². The number of carbonyl (C=O) groups excluding carboxylic acids is 1. The van der Waals surface area contributed by atoms with Gasteiger partial charge in [0.25, 0.3) is 0 Å². The second kappa shape index (κ2) is 7.23. The Bertz CT molecular complexity index is 877. The molecule has 1 aliphatic rings. The molecule has 0 amide bonds. The molecule has 4 heteroatoms. The molecule has 1 heterocycles. The van der Waals surface area contributed by atoms with Gasteiger partial charge in [0.2, 0.25) is 0 Å². The molecule has 0 spiro atoms. The second-order valence-electron chi connectivity index (χ2n) is 5.95. The van der Waals surface area contributed by atoms with Gasteiger partial charge in [-0.1, -0.05) is 12.1 Å². The molecule has 1 atom stereocenters. The van der Waals surface area contributed by atoms with Gasteiger partial charge in [-0.15, -0.1) is 0 Å². The van der Waals surface area contributed by atoms with Crippen molar-refractivity contribution in [1.82, 2.24) is 0 Å². The molecule has 0 radical (unpaired) electrons. The Labute approximate surface area is 147 Å². The maximum atomic E-state index is 12.4. The molecule has 0 aromatic heterocycles. The number of benzene rings is 2. The van der Waals surface area contributed by atoms with Crippen LogP contribution in [0.15, 0.2) is 42.5 Å². The Kier molecular flexibility index (Phi) is 4.85. The number of hydrogen-bond donors (Lipinski definition) is 0. The lowest BCUT2D eigenvalue weighted by Gasteiger charge is -2.10. The van der Waals surface area contributed by atoms with Crippen LogP contribution in [-0.2, 0) is 6.42 Å². The van der Waals surface area contributed by atoms with E-state index in [0.717, 1.165) is 29.0 Å². The normalized spacial score (nSPS) is 15.5. The lowest BCUT2D eigenvalue weighted by atomic mass is 10.0. The topological polar surface area (TPSA) is 59.3 Å². The third kappa shape index (κ3) is 3.72. The fourth-order valence-corrected chi connectivity index (χ4v) is 2.87.